The van der Waals surface area contributed by atoms with Gasteiger partial charge in [-0.1, -0.05) is 29.8 Å². The maximum Gasteiger partial charge on any atom is 0.322 e. The summed E-state index contributed by atoms with van der Waals surface area (Å²) >= 11 is 6.06. The van der Waals surface area contributed by atoms with Crippen molar-refractivity contribution in [3.05, 3.63) is 88.6 Å². The fourth-order valence-electron chi connectivity index (χ4n) is 4.09. The average molecular weight is 514 g/mol. The van der Waals surface area contributed by atoms with Gasteiger partial charge in [-0.05, 0) is 67.8 Å². The number of aryl methyl sites for hydroxylation is 1. The molecule has 2 heterocycles. The van der Waals surface area contributed by atoms with Gasteiger partial charge in [-0.25, -0.2) is 9.18 Å². The molecular formula is C27H29ClFN3O4. The van der Waals surface area contributed by atoms with Crippen molar-refractivity contribution in [3.63, 3.8) is 0 Å². The van der Waals surface area contributed by atoms with E-state index in [2.05, 4.69) is 5.32 Å². The SMILES string of the molecule is Cc1ccc(CN(Cc2ccc(F)cc2)C(=O)CN(CC2CCCO2)C(=O)Nc2cccc(Cl)c2)o1. The monoisotopic (exact) mass is 513 g/mol. The van der Waals surface area contributed by atoms with Crippen LogP contribution in [0, 0.1) is 12.7 Å². The van der Waals surface area contributed by atoms with Crippen LogP contribution < -0.4 is 5.32 Å². The Bertz CT molecular complexity index is 1180. The average Bonchev–Trinajstić information content (AvgIpc) is 3.51. The van der Waals surface area contributed by atoms with Crippen molar-refractivity contribution < 1.29 is 23.1 Å². The van der Waals surface area contributed by atoms with Crippen LogP contribution in [0.15, 0.2) is 65.1 Å². The molecule has 2 aromatic carbocycles. The van der Waals surface area contributed by atoms with Crippen molar-refractivity contribution in [2.45, 2.75) is 39.0 Å². The van der Waals surface area contributed by atoms with Crippen molar-refractivity contribution in [3.8, 4) is 0 Å². The van der Waals surface area contributed by atoms with E-state index in [1.807, 2.05) is 19.1 Å². The lowest BCUT2D eigenvalue weighted by atomic mass is 10.2. The van der Waals surface area contributed by atoms with Crippen molar-refractivity contribution >= 4 is 29.2 Å². The Morgan fingerprint density at radius 2 is 1.89 bits per heavy atom. The first-order chi connectivity index (χ1) is 17.4. The molecule has 3 aromatic rings. The topological polar surface area (TPSA) is 75.0 Å². The van der Waals surface area contributed by atoms with Crippen molar-refractivity contribution in [1.82, 2.24) is 9.80 Å². The summed E-state index contributed by atoms with van der Waals surface area (Å²) in [6.07, 6.45) is 1.60. The fraction of sp³-hybridized carbons (Fsp3) is 0.333. The number of carbonyl (C=O) groups excluding carboxylic acids is 2. The molecular weight excluding hydrogens is 485 g/mol. The minimum atomic E-state index is -0.420. The molecule has 1 unspecified atom stereocenters. The van der Waals surface area contributed by atoms with Gasteiger partial charge in [0.05, 0.1) is 12.6 Å². The highest BCUT2D eigenvalue weighted by Crippen LogP contribution is 2.19. The van der Waals surface area contributed by atoms with Crippen LogP contribution in [0.25, 0.3) is 0 Å². The number of halogens is 2. The second kappa shape index (κ2) is 12.1. The van der Waals surface area contributed by atoms with E-state index in [-0.39, 0.29) is 44.0 Å². The first-order valence-corrected chi connectivity index (χ1v) is 12.2. The van der Waals surface area contributed by atoms with E-state index in [1.54, 1.807) is 41.3 Å². The van der Waals surface area contributed by atoms with Gasteiger partial charge in [0.2, 0.25) is 5.91 Å². The summed E-state index contributed by atoms with van der Waals surface area (Å²) in [6.45, 7) is 3.04. The van der Waals surface area contributed by atoms with E-state index < -0.39 is 6.03 Å². The summed E-state index contributed by atoms with van der Waals surface area (Å²) in [5, 5.41) is 3.32. The standard InChI is InChI=1S/C27H29ClFN3O4/c1-19-7-12-25(36-19)17-31(15-20-8-10-22(29)11-9-20)26(33)18-32(16-24-6-3-13-35-24)27(34)30-23-5-2-4-21(28)14-23/h2,4-5,7-12,14,24H,3,6,13,15-18H2,1H3,(H,30,34). The summed E-state index contributed by atoms with van der Waals surface area (Å²) in [6, 6.07) is 16.1. The number of rotatable bonds is 9. The van der Waals surface area contributed by atoms with Crippen LogP contribution in [0.1, 0.15) is 29.9 Å². The Morgan fingerprint density at radius 3 is 2.56 bits per heavy atom. The molecule has 0 bridgehead atoms. The van der Waals surface area contributed by atoms with Gasteiger partial charge in [0.15, 0.2) is 0 Å². The molecule has 4 rings (SSSR count). The zero-order chi connectivity index (χ0) is 25.5. The summed E-state index contributed by atoms with van der Waals surface area (Å²) in [4.78, 5) is 29.8. The Kier molecular flexibility index (Phi) is 8.61. The number of anilines is 1. The predicted molar refractivity (Wildman–Crippen MR) is 135 cm³/mol. The minimum absolute atomic E-state index is 0.138. The molecule has 0 saturated carbocycles. The smallest absolute Gasteiger partial charge is 0.322 e. The normalized spacial score (nSPS) is 15.0. The minimum Gasteiger partial charge on any atom is -0.464 e. The van der Waals surface area contributed by atoms with Gasteiger partial charge in [0.25, 0.3) is 0 Å². The van der Waals surface area contributed by atoms with Crippen molar-refractivity contribution in [2.75, 3.05) is 25.0 Å². The number of amides is 3. The van der Waals surface area contributed by atoms with Gasteiger partial charge >= 0.3 is 6.03 Å². The number of ether oxygens (including phenoxy) is 1. The first-order valence-electron chi connectivity index (χ1n) is 11.9. The van der Waals surface area contributed by atoms with E-state index in [0.29, 0.717) is 23.1 Å². The van der Waals surface area contributed by atoms with E-state index in [1.165, 1.54) is 17.0 Å². The summed E-state index contributed by atoms with van der Waals surface area (Å²) < 4.78 is 24.8. The van der Waals surface area contributed by atoms with Crippen molar-refractivity contribution in [2.24, 2.45) is 0 Å². The van der Waals surface area contributed by atoms with E-state index in [4.69, 9.17) is 20.8 Å². The predicted octanol–water partition coefficient (Wildman–Crippen LogP) is 5.62. The van der Waals surface area contributed by atoms with Gasteiger partial charge in [0.1, 0.15) is 23.9 Å². The van der Waals surface area contributed by atoms with Crippen LogP contribution in [0.4, 0.5) is 14.9 Å². The zero-order valence-corrected chi connectivity index (χ0v) is 20.8. The molecule has 0 spiro atoms. The first kappa shape index (κ1) is 25.7. The molecule has 1 aliphatic rings. The Hall–Kier alpha value is -3.36. The molecule has 7 nitrogen and oxygen atoms in total. The lowest BCUT2D eigenvalue weighted by Gasteiger charge is -2.29. The van der Waals surface area contributed by atoms with Crippen LogP contribution in [-0.2, 0) is 22.6 Å². The van der Waals surface area contributed by atoms with Gasteiger partial charge in [0, 0.05) is 30.4 Å². The fourth-order valence-corrected chi connectivity index (χ4v) is 4.28. The molecule has 190 valence electrons. The molecule has 1 N–H and O–H groups in total. The summed E-state index contributed by atoms with van der Waals surface area (Å²) in [5.74, 6) is 0.739. The second-order valence-electron chi connectivity index (χ2n) is 8.84. The van der Waals surface area contributed by atoms with Crippen LogP contribution in [0.2, 0.25) is 5.02 Å². The van der Waals surface area contributed by atoms with Crippen LogP contribution in [-0.4, -0.2) is 47.5 Å². The van der Waals surface area contributed by atoms with E-state index in [9.17, 15) is 14.0 Å². The van der Waals surface area contributed by atoms with Gasteiger partial charge in [-0.2, -0.15) is 0 Å². The number of urea groups is 1. The molecule has 3 amide bonds. The van der Waals surface area contributed by atoms with E-state index >= 15 is 0 Å². The third kappa shape index (κ3) is 7.32. The molecule has 1 aromatic heterocycles. The maximum atomic E-state index is 13.5. The third-order valence-corrected chi connectivity index (χ3v) is 6.15. The molecule has 1 saturated heterocycles. The van der Waals surface area contributed by atoms with Gasteiger partial charge < -0.3 is 24.3 Å². The summed E-state index contributed by atoms with van der Waals surface area (Å²) in [5.41, 5.74) is 1.30. The Labute approximate surface area is 214 Å². The number of hydrogen-bond acceptors (Lipinski definition) is 4. The van der Waals surface area contributed by atoms with Crippen LogP contribution in [0.3, 0.4) is 0 Å². The number of furan rings is 1. The maximum absolute atomic E-state index is 13.5. The molecule has 36 heavy (non-hydrogen) atoms. The Morgan fingerprint density at radius 1 is 1.08 bits per heavy atom. The molecule has 0 aliphatic carbocycles. The number of benzene rings is 2. The third-order valence-electron chi connectivity index (χ3n) is 5.92. The number of carbonyl (C=O) groups is 2. The molecule has 1 aliphatic heterocycles. The second-order valence-corrected chi connectivity index (χ2v) is 9.28. The largest absolute Gasteiger partial charge is 0.464 e. The van der Waals surface area contributed by atoms with Crippen molar-refractivity contribution in [1.29, 1.82) is 0 Å². The highest BCUT2D eigenvalue weighted by atomic mass is 35.5. The number of nitrogens with zero attached hydrogens (tertiary/aromatic N) is 2. The highest BCUT2D eigenvalue weighted by Gasteiger charge is 2.27. The molecule has 1 fully saturated rings. The zero-order valence-electron chi connectivity index (χ0n) is 20.1. The van der Waals surface area contributed by atoms with Crippen LogP contribution in [0.5, 0.6) is 0 Å². The molecule has 9 heteroatoms. The number of nitrogens with one attached hydrogen (secondary N) is 1. The van der Waals surface area contributed by atoms with Gasteiger partial charge in [-0.15, -0.1) is 0 Å². The van der Waals surface area contributed by atoms with Gasteiger partial charge in [-0.3, -0.25) is 4.79 Å². The molecule has 1 atom stereocenters. The lowest BCUT2D eigenvalue weighted by molar-refractivity contribution is -0.133. The van der Waals surface area contributed by atoms with E-state index in [0.717, 1.165) is 24.2 Å². The Balaban J connectivity index is 1.52. The molecule has 0 radical (unpaired) electrons. The highest BCUT2D eigenvalue weighted by molar-refractivity contribution is 6.30. The lowest BCUT2D eigenvalue weighted by Crippen LogP contribution is -2.46. The summed E-state index contributed by atoms with van der Waals surface area (Å²) in [7, 11) is 0. The quantitative estimate of drug-likeness (QED) is 0.403. The number of hydrogen-bond donors (Lipinski definition) is 1. The van der Waals surface area contributed by atoms with Crippen LogP contribution >= 0.6 is 11.6 Å².